The summed E-state index contributed by atoms with van der Waals surface area (Å²) in [4.78, 5) is 1.36. The lowest BCUT2D eigenvalue weighted by Gasteiger charge is -2.28. The first-order valence-corrected chi connectivity index (χ1v) is 7.91. The van der Waals surface area contributed by atoms with Gasteiger partial charge in [-0.1, -0.05) is 18.2 Å². The van der Waals surface area contributed by atoms with Crippen molar-refractivity contribution in [1.29, 1.82) is 5.26 Å². The molecule has 0 heterocycles. The van der Waals surface area contributed by atoms with Crippen LogP contribution in [0.1, 0.15) is 19.3 Å². The topological polar surface area (TPSA) is 23.8 Å². The van der Waals surface area contributed by atoms with Gasteiger partial charge >= 0.3 is 0 Å². The van der Waals surface area contributed by atoms with Crippen molar-refractivity contribution in [2.45, 2.75) is 34.7 Å². The van der Waals surface area contributed by atoms with Gasteiger partial charge in [0, 0.05) is 15.4 Å². The first-order valence-electron chi connectivity index (χ1n) is 6.15. The van der Waals surface area contributed by atoms with E-state index in [1.807, 2.05) is 11.8 Å². The molecule has 1 aromatic rings. The van der Waals surface area contributed by atoms with Gasteiger partial charge in [0.05, 0.1) is 0 Å². The van der Waals surface area contributed by atoms with Crippen LogP contribution in [-0.4, -0.2) is 10.5 Å². The van der Waals surface area contributed by atoms with Crippen LogP contribution in [0.25, 0.3) is 0 Å². The van der Waals surface area contributed by atoms with Crippen LogP contribution in [0, 0.1) is 22.5 Å². The van der Waals surface area contributed by atoms with Crippen molar-refractivity contribution < 1.29 is 0 Å². The summed E-state index contributed by atoms with van der Waals surface area (Å²) in [5.74, 6) is 1.64. The summed E-state index contributed by atoms with van der Waals surface area (Å²) in [6, 6.07) is 10.6. The molecule has 1 nitrogen and oxygen atoms in total. The van der Waals surface area contributed by atoms with E-state index in [1.54, 1.807) is 0 Å². The van der Waals surface area contributed by atoms with E-state index in [9.17, 15) is 0 Å². The molecule has 2 aliphatic carbocycles. The zero-order valence-electron chi connectivity index (χ0n) is 9.58. The fourth-order valence-electron chi connectivity index (χ4n) is 3.23. The molecule has 0 aromatic heterocycles. The molecule has 0 spiro atoms. The maximum atomic E-state index is 8.94. The summed E-state index contributed by atoms with van der Waals surface area (Å²) in [5, 5.41) is 12.5. The number of rotatable bonds is 3. The summed E-state index contributed by atoms with van der Waals surface area (Å²) in [5.41, 5.74) is 0. The summed E-state index contributed by atoms with van der Waals surface area (Å²) >= 11 is 3.50. The average Bonchev–Trinajstić information content (AvgIpc) is 2.94. The minimum atomic E-state index is 0.559. The van der Waals surface area contributed by atoms with Crippen molar-refractivity contribution >= 4 is 23.5 Å². The van der Waals surface area contributed by atoms with Crippen LogP contribution < -0.4 is 0 Å². The average molecular weight is 261 g/mol. The lowest BCUT2D eigenvalue weighted by molar-refractivity contribution is 0.505. The van der Waals surface area contributed by atoms with Crippen molar-refractivity contribution in [3.8, 4) is 5.40 Å². The predicted octanol–water partition coefficient (Wildman–Crippen LogP) is 4.16. The molecule has 88 valence electrons. The number of nitriles is 1. The van der Waals surface area contributed by atoms with E-state index in [1.165, 1.54) is 35.9 Å². The Morgan fingerprint density at radius 1 is 1.06 bits per heavy atom. The predicted molar refractivity (Wildman–Crippen MR) is 73.9 cm³/mol. The Hall–Kier alpha value is -0.590. The second-order valence-corrected chi connectivity index (χ2v) is 7.12. The van der Waals surface area contributed by atoms with Gasteiger partial charge < -0.3 is 0 Å². The lowest BCUT2D eigenvalue weighted by Crippen LogP contribution is -2.26. The first kappa shape index (κ1) is 11.5. The molecular formula is C14H15NS2. The van der Waals surface area contributed by atoms with Crippen molar-refractivity contribution in [1.82, 2.24) is 0 Å². The second-order valence-electron chi connectivity index (χ2n) is 4.90. The Balaban J connectivity index is 1.75. The molecule has 0 N–H and O–H groups in total. The molecule has 1 aromatic carbocycles. The Bertz CT molecular complexity index is 426. The SMILES string of the molecule is N#CSC1C2CCC(C2)C1Sc1ccccc1. The zero-order valence-corrected chi connectivity index (χ0v) is 11.2. The Labute approximate surface area is 111 Å². The number of nitrogens with zero attached hydrogens (tertiary/aromatic N) is 1. The van der Waals surface area contributed by atoms with Crippen molar-refractivity contribution in [2.24, 2.45) is 11.8 Å². The van der Waals surface area contributed by atoms with E-state index < -0.39 is 0 Å². The van der Waals surface area contributed by atoms with Gasteiger partial charge in [0.2, 0.25) is 0 Å². The molecule has 2 fully saturated rings. The van der Waals surface area contributed by atoms with Crippen LogP contribution in [0.3, 0.4) is 0 Å². The Morgan fingerprint density at radius 2 is 1.76 bits per heavy atom. The van der Waals surface area contributed by atoms with Gasteiger partial charge in [-0.25, -0.2) is 0 Å². The summed E-state index contributed by atoms with van der Waals surface area (Å²) in [7, 11) is 0. The highest BCUT2D eigenvalue weighted by atomic mass is 32.2. The maximum Gasteiger partial charge on any atom is 0.133 e. The van der Waals surface area contributed by atoms with Crippen LogP contribution in [-0.2, 0) is 0 Å². The quantitative estimate of drug-likeness (QED) is 0.763. The summed E-state index contributed by atoms with van der Waals surface area (Å²) in [6.07, 6.45) is 4.07. The van der Waals surface area contributed by atoms with E-state index in [-0.39, 0.29) is 0 Å². The van der Waals surface area contributed by atoms with Gasteiger partial charge in [-0.05, 0) is 55.0 Å². The van der Waals surface area contributed by atoms with Gasteiger partial charge in [0.15, 0.2) is 0 Å². The largest absolute Gasteiger partial charge is 0.185 e. The lowest BCUT2D eigenvalue weighted by atomic mass is 10.00. The fourth-order valence-corrected chi connectivity index (χ4v) is 5.91. The molecule has 3 heteroatoms. The highest BCUT2D eigenvalue weighted by Crippen LogP contribution is 2.55. The standard InChI is InChI=1S/C14H15NS2/c15-9-16-13-10-6-7-11(8-10)14(13)17-12-4-2-1-3-5-12/h1-5,10-11,13-14H,6-8H2. The molecule has 4 unspecified atom stereocenters. The highest BCUT2D eigenvalue weighted by Gasteiger charge is 2.48. The third-order valence-electron chi connectivity index (χ3n) is 3.97. The van der Waals surface area contributed by atoms with Crippen molar-refractivity contribution in [2.75, 3.05) is 0 Å². The molecule has 17 heavy (non-hydrogen) atoms. The fraction of sp³-hybridized carbons (Fsp3) is 0.500. The maximum absolute atomic E-state index is 8.94. The van der Waals surface area contributed by atoms with Crippen LogP contribution in [0.15, 0.2) is 35.2 Å². The number of benzene rings is 1. The monoisotopic (exact) mass is 261 g/mol. The van der Waals surface area contributed by atoms with Gasteiger partial charge in [0.25, 0.3) is 0 Å². The summed E-state index contributed by atoms with van der Waals surface area (Å²) < 4.78 is 0. The van der Waals surface area contributed by atoms with E-state index >= 15 is 0 Å². The molecule has 2 bridgehead atoms. The Kier molecular flexibility index (Phi) is 3.35. The molecule has 4 atom stereocenters. The van der Waals surface area contributed by atoms with Crippen LogP contribution in [0.5, 0.6) is 0 Å². The van der Waals surface area contributed by atoms with Gasteiger partial charge in [-0.2, -0.15) is 5.26 Å². The number of fused-ring (bicyclic) bond motifs is 2. The van der Waals surface area contributed by atoms with Crippen molar-refractivity contribution in [3.05, 3.63) is 30.3 Å². The smallest absolute Gasteiger partial charge is 0.133 e. The van der Waals surface area contributed by atoms with E-state index in [0.717, 1.165) is 11.8 Å². The molecular weight excluding hydrogens is 246 g/mol. The number of hydrogen-bond donors (Lipinski definition) is 0. The zero-order chi connectivity index (χ0) is 11.7. The van der Waals surface area contributed by atoms with E-state index in [4.69, 9.17) is 5.26 Å². The normalized spacial score (nSPS) is 34.8. The molecule has 0 aliphatic heterocycles. The second kappa shape index (κ2) is 4.96. The number of hydrogen-bond acceptors (Lipinski definition) is 3. The van der Waals surface area contributed by atoms with Gasteiger partial charge in [0.1, 0.15) is 5.40 Å². The third kappa shape index (κ3) is 2.21. The highest BCUT2D eigenvalue weighted by molar-refractivity contribution is 8.06. The van der Waals surface area contributed by atoms with Gasteiger partial charge in [-0.15, -0.1) is 11.8 Å². The first-order chi connectivity index (χ1) is 8.38. The minimum absolute atomic E-state index is 0.559. The van der Waals surface area contributed by atoms with E-state index in [2.05, 4.69) is 35.7 Å². The molecule has 3 rings (SSSR count). The molecule has 0 radical (unpaired) electrons. The Morgan fingerprint density at radius 3 is 2.47 bits per heavy atom. The van der Waals surface area contributed by atoms with Crippen molar-refractivity contribution in [3.63, 3.8) is 0 Å². The third-order valence-corrected chi connectivity index (χ3v) is 6.69. The van der Waals surface area contributed by atoms with Crippen LogP contribution >= 0.6 is 23.5 Å². The van der Waals surface area contributed by atoms with E-state index in [0.29, 0.717) is 10.5 Å². The molecule has 2 aliphatic rings. The number of thiocyanates is 1. The number of thioether (sulfide) groups is 2. The molecule has 0 saturated heterocycles. The van der Waals surface area contributed by atoms with Gasteiger partial charge in [-0.3, -0.25) is 0 Å². The molecule has 2 saturated carbocycles. The van der Waals surface area contributed by atoms with Crippen LogP contribution in [0.4, 0.5) is 0 Å². The molecule has 0 amide bonds. The van der Waals surface area contributed by atoms with Crippen LogP contribution in [0.2, 0.25) is 0 Å². The minimum Gasteiger partial charge on any atom is -0.185 e. The summed E-state index contributed by atoms with van der Waals surface area (Å²) in [6.45, 7) is 0.